The van der Waals surface area contributed by atoms with Gasteiger partial charge in [-0.2, -0.15) is 0 Å². The maximum Gasteiger partial charge on any atom is 0.270 e. The normalized spacial score (nSPS) is 14.1. The van der Waals surface area contributed by atoms with Crippen LogP contribution in [0, 0.1) is 16.0 Å². The third-order valence-corrected chi connectivity index (χ3v) is 3.37. The van der Waals surface area contributed by atoms with E-state index in [9.17, 15) is 20.0 Å². The highest BCUT2D eigenvalue weighted by Crippen LogP contribution is 2.15. The molecule has 1 atom stereocenters. The third-order valence-electron chi connectivity index (χ3n) is 3.37. The number of amides is 1. The molecule has 0 aliphatic rings. The third kappa shape index (κ3) is 5.35. The molecule has 0 aliphatic carbocycles. The number of nitrogens with zero attached hydrogens (tertiary/aromatic N) is 1. The van der Waals surface area contributed by atoms with Crippen LogP contribution < -0.4 is 5.32 Å². The highest BCUT2D eigenvalue weighted by Gasteiger charge is 2.24. The minimum atomic E-state index is -0.977. The van der Waals surface area contributed by atoms with Crippen molar-refractivity contribution in [3.63, 3.8) is 0 Å². The van der Waals surface area contributed by atoms with Gasteiger partial charge in [-0.05, 0) is 24.5 Å². The zero-order chi connectivity index (χ0) is 16.0. The Morgan fingerprint density at radius 3 is 2.76 bits per heavy atom. The van der Waals surface area contributed by atoms with Gasteiger partial charge in [0.05, 0.1) is 10.5 Å². The van der Waals surface area contributed by atoms with Gasteiger partial charge in [0.15, 0.2) is 0 Å². The van der Waals surface area contributed by atoms with Gasteiger partial charge in [-0.1, -0.05) is 26.0 Å². The van der Waals surface area contributed by atoms with Gasteiger partial charge < -0.3 is 10.4 Å². The van der Waals surface area contributed by atoms with Crippen molar-refractivity contribution in [2.45, 2.75) is 26.4 Å². The summed E-state index contributed by atoms with van der Waals surface area (Å²) in [6.07, 6.45) is 2.78. The number of nitrogens with one attached hydrogen (secondary N) is 1. The van der Waals surface area contributed by atoms with Crippen molar-refractivity contribution in [2.75, 3.05) is 6.54 Å². The minimum absolute atomic E-state index is 0.0125. The molecule has 2 N–H and O–H groups in total. The number of aliphatic hydroxyl groups is 1. The Morgan fingerprint density at radius 2 is 2.19 bits per heavy atom. The molecule has 0 saturated heterocycles. The molecule has 0 saturated carbocycles. The van der Waals surface area contributed by atoms with Crippen LogP contribution in [0.3, 0.4) is 0 Å². The standard InChI is InChI=1S/C15H20N2O4/c1-11(2)15(3,19)10-16-14(18)8-7-12-5-4-6-13(9-12)17(20)21/h4-9,11,19H,10H2,1-3H3,(H,16,18)/b8-7-/t15-/m0/s1. The van der Waals surface area contributed by atoms with E-state index in [2.05, 4.69) is 5.32 Å². The monoisotopic (exact) mass is 292 g/mol. The van der Waals surface area contributed by atoms with Crippen molar-refractivity contribution < 1.29 is 14.8 Å². The van der Waals surface area contributed by atoms with Gasteiger partial charge in [0.25, 0.3) is 5.69 Å². The fourth-order valence-electron chi connectivity index (χ4n) is 1.44. The minimum Gasteiger partial charge on any atom is -0.388 e. The average Bonchev–Trinajstić information content (AvgIpc) is 2.43. The summed E-state index contributed by atoms with van der Waals surface area (Å²) in [5.41, 5.74) is -0.440. The van der Waals surface area contributed by atoms with Crippen molar-refractivity contribution in [2.24, 2.45) is 5.92 Å². The van der Waals surface area contributed by atoms with Crippen molar-refractivity contribution >= 4 is 17.7 Å². The Morgan fingerprint density at radius 1 is 1.52 bits per heavy atom. The van der Waals surface area contributed by atoms with Crippen molar-refractivity contribution in [3.05, 3.63) is 46.0 Å². The number of rotatable bonds is 6. The molecule has 114 valence electrons. The van der Waals surface area contributed by atoms with E-state index in [1.54, 1.807) is 19.1 Å². The zero-order valence-corrected chi connectivity index (χ0v) is 12.4. The van der Waals surface area contributed by atoms with Crippen molar-refractivity contribution in [3.8, 4) is 0 Å². The number of nitro benzene ring substituents is 1. The SMILES string of the molecule is CC(C)[C@@](C)(O)CNC(=O)/C=C\c1cccc([N+](=O)[O-])c1. The number of carbonyl (C=O) groups is 1. The second kappa shape index (κ2) is 6.99. The number of hydrogen-bond acceptors (Lipinski definition) is 4. The molecule has 0 radical (unpaired) electrons. The van der Waals surface area contributed by atoms with E-state index in [1.165, 1.54) is 24.3 Å². The topological polar surface area (TPSA) is 92.5 Å². The lowest BCUT2D eigenvalue weighted by molar-refractivity contribution is -0.384. The first-order valence-electron chi connectivity index (χ1n) is 6.65. The molecule has 0 heterocycles. The zero-order valence-electron chi connectivity index (χ0n) is 12.4. The lowest BCUT2D eigenvalue weighted by Crippen LogP contribution is -2.43. The number of hydrogen-bond donors (Lipinski definition) is 2. The van der Waals surface area contributed by atoms with Crippen LogP contribution in [0.4, 0.5) is 5.69 Å². The van der Waals surface area contributed by atoms with Gasteiger partial charge in [0.2, 0.25) is 5.91 Å². The Balaban J connectivity index is 2.62. The van der Waals surface area contributed by atoms with Gasteiger partial charge in [0.1, 0.15) is 0 Å². The first-order valence-corrected chi connectivity index (χ1v) is 6.65. The molecular weight excluding hydrogens is 272 g/mol. The molecule has 6 nitrogen and oxygen atoms in total. The van der Waals surface area contributed by atoms with E-state index < -0.39 is 10.5 Å². The summed E-state index contributed by atoms with van der Waals surface area (Å²) < 4.78 is 0. The summed E-state index contributed by atoms with van der Waals surface area (Å²) >= 11 is 0. The van der Waals surface area contributed by atoms with Gasteiger partial charge in [0, 0.05) is 24.8 Å². The Kier molecular flexibility index (Phi) is 5.60. The van der Waals surface area contributed by atoms with Crippen molar-refractivity contribution in [1.82, 2.24) is 5.32 Å². The molecule has 1 aromatic rings. The van der Waals surface area contributed by atoms with Crippen LogP contribution in [0.25, 0.3) is 6.08 Å². The Bertz CT molecular complexity index is 550. The molecule has 0 unspecified atom stereocenters. The van der Waals surface area contributed by atoms with Crippen LogP contribution in [0.5, 0.6) is 0 Å². The van der Waals surface area contributed by atoms with E-state index in [0.717, 1.165) is 0 Å². The van der Waals surface area contributed by atoms with Crippen LogP contribution >= 0.6 is 0 Å². The molecule has 0 aliphatic heterocycles. The lowest BCUT2D eigenvalue weighted by Gasteiger charge is -2.27. The van der Waals surface area contributed by atoms with Gasteiger partial charge in [-0.15, -0.1) is 0 Å². The van der Waals surface area contributed by atoms with Crippen LogP contribution in [0.2, 0.25) is 0 Å². The summed E-state index contributed by atoms with van der Waals surface area (Å²) in [4.78, 5) is 21.8. The quantitative estimate of drug-likeness (QED) is 0.477. The van der Waals surface area contributed by atoms with E-state index in [-0.39, 0.29) is 24.1 Å². The Hall–Kier alpha value is -2.21. The van der Waals surface area contributed by atoms with Crippen LogP contribution in [-0.4, -0.2) is 28.1 Å². The molecule has 6 heteroatoms. The van der Waals surface area contributed by atoms with Gasteiger partial charge in [-0.3, -0.25) is 14.9 Å². The maximum absolute atomic E-state index is 11.7. The largest absolute Gasteiger partial charge is 0.388 e. The smallest absolute Gasteiger partial charge is 0.270 e. The summed E-state index contributed by atoms with van der Waals surface area (Å²) in [6.45, 7) is 5.53. The first kappa shape index (κ1) is 16.8. The van der Waals surface area contributed by atoms with Gasteiger partial charge in [-0.25, -0.2) is 0 Å². The molecule has 1 amide bonds. The molecule has 1 rings (SSSR count). The molecular formula is C15H20N2O4. The summed E-state index contributed by atoms with van der Waals surface area (Å²) in [5.74, 6) is -0.346. The van der Waals surface area contributed by atoms with E-state index in [0.29, 0.717) is 5.56 Å². The Labute approximate surface area is 123 Å². The molecule has 0 spiro atoms. The second-order valence-electron chi connectivity index (χ2n) is 5.42. The number of nitro groups is 1. The predicted octanol–water partition coefficient (Wildman–Crippen LogP) is 2.13. The van der Waals surface area contributed by atoms with Crippen molar-refractivity contribution in [1.29, 1.82) is 0 Å². The molecule has 0 fully saturated rings. The number of non-ortho nitro benzene ring substituents is 1. The fraction of sp³-hybridized carbons (Fsp3) is 0.400. The van der Waals surface area contributed by atoms with Gasteiger partial charge >= 0.3 is 0 Å². The summed E-state index contributed by atoms with van der Waals surface area (Å²) in [6, 6.07) is 5.99. The molecule has 0 bridgehead atoms. The van der Waals surface area contributed by atoms with Crippen LogP contribution in [0.15, 0.2) is 30.3 Å². The van der Waals surface area contributed by atoms with E-state index >= 15 is 0 Å². The predicted molar refractivity (Wildman–Crippen MR) is 80.6 cm³/mol. The lowest BCUT2D eigenvalue weighted by atomic mass is 9.92. The van der Waals surface area contributed by atoms with Crippen LogP contribution in [0.1, 0.15) is 26.3 Å². The first-order chi connectivity index (χ1) is 9.72. The second-order valence-corrected chi connectivity index (χ2v) is 5.42. The molecule has 1 aromatic carbocycles. The van der Waals surface area contributed by atoms with E-state index in [4.69, 9.17) is 0 Å². The fourth-order valence-corrected chi connectivity index (χ4v) is 1.44. The number of benzene rings is 1. The van der Waals surface area contributed by atoms with Crippen LogP contribution in [-0.2, 0) is 4.79 Å². The summed E-state index contributed by atoms with van der Waals surface area (Å²) in [7, 11) is 0. The number of carbonyl (C=O) groups excluding carboxylic acids is 1. The molecule has 21 heavy (non-hydrogen) atoms. The highest BCUT2D eigenvalue weighted by atomic mass is 16.6. The average molecular weight is 292 g/mol. The maximum atomic E-state index is 11.7. The summed E-state index contributed by atoms with van der Waals surface area (Å²) in [5, 5.41) is 23.3. The van der Waals surface area contributed by atoms with E-state index in [1.807, 2.05) is 13.8 Å². The highest BCUT2D eigenvalue weighted by molar-refractivity contribution is 5.91. The molecule has 0 aromatic heterocycles.